The molecule has 0 aromatic carbocycles. The van der Waals surface area contributed by atoms with E-state index < -0.39 is 6.04 Å². The maximum Gasteiger partial charge on any atom is 0.220 e. The van der Waals surface area contributed by atoms with Gasteiger partial charge in [0.2, 0.25) is 5.91 Å². The van der Waals surface area contributed by atoms with Crippen LogP contribution in [0.1, 0.15) is 104 Å². The molecule has 0 rings (SSSR count). The van der Waals surface area contributed by atoms with Crippen LogP contribution in [0.5, 0.6) is 0 Å². The van der Waals surface area contributed by atoms with E-state index in [9.17, 15) is 9.59 Å². The molecule has 0 aliphatic carbocycles. The van der Waals surface area contributed by atoms with Crippen molar-refractivity contribution in [1.29, 1.82) is 0 Å². The third kappa shape index (κ3) is 16.3. The van der Waals surface area contributed by atoms with Crippen molar-refractivity contribution >= 4 is 17.6 Å². The predicted molar refractivity (Wildman–Crippen MR) is 114 cm³/mol. The molecule has 158 valence electrons. The number of unbranched alkanes of at least 4 members (excludes halogenated alkanes) is 8. The van der Waals surface area contributed by atoms with Gasteiger partial charge in [0.25, 0.3) is 0 Å². The van der Waals surface area contributed by atoms with Gasteiger partial charge < -0.3 is 16.8 Å². The highest BCUT2D eigenvalue weighted by atomic mass is 16.2. The fourth-order valence-electron chi connectivity index (χ4n) is 3.10. The zero-order chi connectivity index (χ0) is 20.3. The summed E-state index contributed by atoms with van der Waals surface area (Å²) in [7, 11) is 0. The smallest absolute Gasteiger partial charge is 0.220 e. The monoisotopic (exact) mass is 382 g/mol. The average Bonchev–Trinajstić information content (AvgIpc) is 2.62. The lowest BCUT2D eigenvalue weighted by Gasteiger charge is -2.17. The molecule has 5 N–H and O–H groups in total. The molecule has 0 radical (unpaired) electrons. The number of hydrogen-bond acceptors (Lipinski definition) is 3. The highest BCUT2D eigenvalue weighted by Gasteiger charge is 2.19. The standard InChI is InChI=1S/C21H42N4O2/c1-3-5-6-7-8-9-10-11-12-16-20(27)25-18(19(26)14-4-2)15-13-17-24-21(22)23/h18H,3-17H2,1-2H3,(H,25,27)(H4,22,23,24). The molecule has 0 fully saturated rings. The van der Waals surface area contributed by atoms with Crippen molar-refractivity contribution in [3.8, 4) is 0 Å². The highest BCUT2D eigenvalue weighted by Crippen LogP contribution is 2.11. The van der Waals surface area contributed by atoms with Crippen molar-refractivity contribution in [2.75, 3.05) is 6.54 Å². The molecule has 0 aliphatic heterocycles. The molecule has 1 amide bonds. The quantitative estimate of drug-likeness (QED) is 0.190. The van der Waals surface area contributed by atoms with Gasteiger partial charge in [-0.15, -0.1) is 0 Å². The summed E-state index contributed by atoms with van der Waals surface area (Å²) >= 11 is 0. The van der Waals surface area contributed by atoms with E-state index in [-0.39, 0.29) is 17.6 Å². The van der Waals surface area contributed by atoms with Gasteiger partial charge in [0, 0.05) is 19.4 Å². The molecule has 0 saturated heterocycles. The first-order valence-electron chi connectivity index (χ1n) is 10.9. The van der Waals surface area contributed by atoms with Crippen molar-refractivity contribution in [2.24, 2.45) is 16.5 Å². The van der Waals surface area contributed by atoms with Crippen LogP contribution in [0.15, 0.2) is 4.99 Å². The van der Waals surface area contributed by atoms with Crippen LogP contribution in [0, 0.1) is 0 Å². The number of rotatable bonds is 18. The Morgan fingerprint density at radius 2 is 1.41 bits per heavy atom. The van der Waals surface area contributed by atoms with Crippen LogP contribution in [0.3, 0.4) is 0 Å². The van der Waals surface area contributed by atoms with Crippen LogP contribution in [-0.2, 0) is 9.59 Å². The molecule has 0 bridgehead atoms. The maximum atomic E-state index is 12.2. The van der Waals surface area contributed by atoms with Gasteiger partial charge in [0.1, 0.15) is 0 Å². The topological polar surface area (TPSA) is 111 Å². The Balaban J connectivity index is 3.99. The van der Waals surface area contributed by atoms with Gasteiger partial charge in [-0.2, -0.15) is 0 Å². The number of nitrogens with two attached hydrogens (primary N) is 2. The molecule has 6 nitrogen and oxygen atoms in total. The summed E-state index contributed by atoms with van der Waals surface area (Å²) in [6.07, 6.45) is 14.1. The van der Waals surface area contributed by atoms with E-state index >= 15 is 0 Å². The fourth-order valence-corrected chi connectivity index (χ4v) is 3.10. The fraction of sp³-hybridized carbons (Fsp3) is 0.857. The normalized spacial score (nSPS) is 11.8. The Bertz CT molecular complexity index is 420. The van der Waals surface area contributed by atoms with Gasteiger partial charge in [-0.05, 0) is 25.7 Å². The van der Waals surface area contributed by atoms with Crippen LogP contribution >= 0.6 is 0 Å². The van der Waals surface area contributed by atoms with Gasteiger partial charge in [0.05, 0.1) is 6.04 Å². The van der Waals surface area contributed by atoms with Gasteiger partial charge in [-0.3, -0.25) is 14.6 Å². The van der Waals surface area contributed by atoms with Crippen LogP contribution in [0.4, 0.5) is 0 Å². The highest BCUT2D eigenvalue weighted by molar-refractivity contribution is 5.88. The number of aliphatic imine (C=N–C) groups is 1. The Kier molecular flexibility index (Phi) is 16.8. The number of nitrogens with one attached hydrogen (secondary N) is 1. The van der Waals surface area contributed by atoms with Gasteiger partial charge in [-0.25, -0.2) is 0 Å². The van der Waals surface area contributed by atoms with Crippen molar-refractivity contribution in [1.82, 2.24) is 5.32 Å². The molecule has 0 saturated carbocycles. The van der Waals surface area contributed by atoms with Crippen LogP contribution in [-0.4, -0.2) is 30.2 Å². The second-order valence-electron chi connectivity index (χ2n) is 7.36. The number of Topliss-reactive ketones (excluding diaryl/α,β-unsaturated/α-hetero) is 1. The van der Waals surface area contributed by atoms with Gasteiger partial charge in [-0.1, -0.05) is 65.2 Å². The number of ketones is 1. The Morgan fingerprint density at radius 3 is 1.96 bits per heavy atom. The maximum absolute atomic E-state index is 12.2. The minimum absolute atomic E-state index is 0.0192. The van der Waals surface area contributed by atoms with Crippen molar-refractivity contribution in [2.45, 2.75) is 110 Å². The molecule has 6 heteroatoms. The average molecular weight is 383 g/mol. The zero-order valence-electron chi connectivity index (χ0n) is 17.6. The number of carbonyl (C=O) groups is 2. The molecule has 0 spiro atoms. The van der Waals surface area contributed by atoms with E-state index in [2.05, 4.69) is 17.2 Å². The lowest BCUT2D eigenvalue weighted by atomic mass is 10.0. The van der Waals surface area contributed by atoms with Crippen LogP contribution in [0.25, 0.3) is 0 Å². The van der Waals surface area contributed by atoms with Crippen molar-refractivity contribution < 1.29 is 9.59 Å². The summed E-state index contributed by atoms with van der Waals surface area (Å²) in [6, 6.07) is -0.412. The number of guanidine groups is 1. The lowest BCUT2D eigenvalue weighted by Crippen LogP contribution is -2.40. The minimum Gasteiger partial charge on any atom is -0.370 e. The van der Waals surface area contributed by atoms with Gasteiger partial charge >= 0.3 is 0 Å². The summed E-state index contributed by atoms with van der Waals surface area (Å²) in [6.45, 7) is 4.68. The molecule has 1 atom stereocenters. The lowest BCUT2D eigenvalue weighted by molar-refractivity contribution is -0.128. The predicted octanol–water partition coefficient (Wildman–Crippen LogP) is 3.81. The first kappa shape index (κ1) is 25.4. The van der Waals surface area contributed by atoms with E-state index in [1.807, 2.05) is 6.92 Å². The van der Waals surface area contributed by atoms with E-state index in [0.717, 1.165) is 19.3 Å². The first-order valence-corrected chi connectivity index (χ1v) is 10.9. The van der Waals surface area contributed by atoms with Crippen molar-refractivity contribution in [3.05, 3.63) is 0 Å². The molecule has 0 aliphatic rings. The summed E-state index contributed by atoms with van der Waals surface area (Å²) in [5, 5.41) is 2.92. The molecular formula is C21H42N4O2. The molecule has 1 unspecified atom stereocenters. The SMILES string of the molecule is CCCCCCCCCCCC(=O)NC(CCCN=C(N)N)C(=O)CCC. The minimum atomic E-state index is -0.412. The van der Waals surface area contributed by atoms with Crippen LogP contribution in [0.2, 0.25) is 0 Å². The number of amides is 1. The zero-order valence-corrected chi connectivity index (χ0v) is 17.6. The second-order valence-corrected chi connectivity index (χ2v) is 7.36. The van der Waals surface area contributed by atoms with Crippen molar-refractivity contribution in [3.63, 3.8) is 0 Å². The third-order valence-corrected chi connectivity index (χ3v) is 4.67. The summed E-state index contributed by atoms with van der Waals surface area (Å²) < 4.78 is 0. The van der Waals surface area contributed by atoms with E-state index in [1.54, 1.807) is 0 Å². The van der Waals surface area contributed by atoms with Gasteiger partial charge in [0.15, 0.2) is 11.7 Å². The largest absolute Gasteiger partial charge is 0.370 e. The summed E-state index contributed by atoms with van der Waals surface area (Å²) in [5.41, 5.74) is 10.6. The van der Waals surface area contributed by atoms with Crippen LogP contribution < -0.4 is 16.8 Å². The van der Waals surface area contributed by atoms with E-state index in [4.69, 9.17) is 11.5 Å². The summed E-state index contributed by atoms with van der Waals surface area (Å²) in [4.78, 5) is 28.3. The molecule has 27 heavy (non-hydrogen) atoms. The second kappa shape index (κ2) is 17.8. The molecule has 0 aromatic rings. The molecular weight excluding hydrogens is 340 g/mol. The third-order valence-electron chi connectivity index (χ3n) is 4.67. The van der Waals surface area contributed by atoms with E-state index in [0.29, 0.717) is 32.2 Å². The Morgan fingerprint density at radius 1 is 0.815 bits per heavy atom. The first-order chi connectivity index (χ1) is 13.0. The van der Waals surface area contributed by atoms with E-state index in [1.165, 1.54) is 44.9 Å². The summed E-state index contributed by atoms with van der Waals surface area (Å²) in [5.74, 6) is 0.137. The number of nitrogens with zero attached hydrogens (tertiary/aromatic N) is 1. The number of hydrogen-bond donors (Lipinski definition) is 3. The molecule has 0 aromatic heterocycles. The Hall–Kier alpha value is -1.59. The number of carbonyl (C=O) groups excluding carboxylic acids is 2. The Labute approximate surface area is 165 Å². The molecule has 0 heterocycles.